The van der Waals surface area contributed by atoms with Gasteiger partial charge in [-0.05, 0) is 36.2 Å². The van der Waals surface area contributed by atoms with Crippen LogP contribution in [0.3, 0.4) is 0 Å². The molecule has 2 aromatic carbocycles. The highest BCUT2D eigenvalue weighted by molar-refractivity contribution is 6.44. The van der Waals surface area contributed by atoms with E-state index in [2.05, 4.69) is 10.6 Å². The molecule has 168 valence electrons. The fourth-order valence-corrected chi connectivity index (χ4v) is 3.35. The van der Waals surface area contributed by atoms with Gasteiger partial charge in [-0.25, -0.2) is 9.48 Å². The lowest BCUT2D eigenvalue weighted by Gasteiger charge is -2.14. The number of carbonyl (C=O) groups excluding carboxylic acids is 1. The van der Waals surface area contributed by atoms with Crippen molar-refractivity contribution in [2.45, 2.75) is 39.0 Å². The first-order valence-electron chi connectivity index (χ1n) is 9.98. The molecule has 0 unspecified atom stereocenters. The molecule has 3 N–H and O–H groups in total. The van der Waals surface area contributed by atoms with E-state index in [0.29, 0.717) is 28.6 Å². The lowest BCUT2D eigenvalue weighted by molar-refractivity contribution is -0.136. The number of benzene rings is 2. The number of carboxylic acid groups (broad SMARTS) is 1. The largest absolute Gasteiger partial charge is 0.481 e. The van der Waals surface area contributed by atoms with Gasteiger partial charge in [0, 0.05) is 17.9 Å². The van der Waals surface area contributed by atoms with Gasteiger partial charge >= 0.3 is 12.0 Å². The van der Waals surface area contributed by atoms with Crippen LogP contribution >= 0.6 is 23.2 Å². The molecule has 0 aliphatic heterocycles. The molecular formula is C23H24Cl2N4O3. The third-order valence-electron chi connectivity index (χ3n) is 4.70. The monoisotopic (exact) mass is 474 g/mol. The van der Waals surface area contributed by atoms with Crippen LogP contribution in [0.4, 0.5) is 16.3 Å². The van der Waals surface area contributed by atoms with Crippen molar-refractivity contribution in [1.82, 2.24) is 9.78 Å². The average Bonchev–Trinajstić information content (AvgIpc) is 3.14. The standard InChI is InChI=1S/C23H24Cl2N4O3/c1-23(2,3)18-13-19(27-22(32)26-17-9-5-8-16(24)21(17)25)29(28-18)15-7-4-6-14(12-15)10-11-20(30)31/h4-9,12-13H,10-11H2,1-3H3,(H,30,31)(H2,26,27,32). The van der Waals surface area contributed by atoms with Crippen LogP contribution < -0.4 is 10.6 Å². The molecule has 0 spiro atoms. The lowest BCUT2D eigenvalue weighted by Crippen LogP contribution is -2.21. The zero-order valence-electron chi connectivity index (χ0n) is 17.9. The van der Waals surface area contributed by atoms with Crippen LogP contribution in [-0.4, -0.2) is 26.9 Å². The van der Waals surface area contributed by atoms with E-state index in [-0.39, 0.29) is 16.9 Å². The molecule has 0 aliphatic carbocycles. The van der Waals surface area contributed by atoms with Crippen molar-refractivity contribution in [3.05, 3.63) is 69.8 Å². The number of carboxylic acids is 1. The van der Waals surface area contributed by atoms with E-state index < -0.39 is 12.0 Å². The Morgan fingerprint density at radius 1 is 1.06 bits per heavy atom. The first-order valence-corrected chi connectivity index (χ1v) is 10.7. The Hall–Kier alpha value is -3.03. The van der Waals surface area contributed by atoms with E-state index in [1.807, 2.05) is 51.1 Å². The second-order valence-electron chi connectivity index (χ2n) is 8.32. The number of urea groups is 1. The van der Waals surface area contributed by atoms with Crippen LogP contribution in [0.5, 0.6) is 0 Å². The molecule has 0 saturated carbocycles. The van der Waals surface area contributed by atoms with Crippen molar-refractivity contribution < 1.29 is 14.7 Å². The molecule has 0 saturated heterocycles. The highest BCUT2D eigenvalue weighted by atomic mass is 35.5. The SMILES string of the molecule is CC(C)(C)c1cc(NC(=O)Nc2cccc(Cl)c2Cl)n(-c2cccc(CCC(=O)O)c2)n1. The third-order valence-corrected chi connectivity index (χ3v) is 5.52. The molecule has 0 radical (unpaired) electrons. The number of halogens is 2. The van der Waals surface area contributed by atoms with Gasteiger partial charge in [-0.15, -0.1) is 0 Å². The van der Waals surface area contributed by atoms with E-state index in [0.717, 1.165) is 11.3 Å². The van der Waals surface area contributed by atoms with Crippen LogP contribution in [0.15, 0.2) is 48.5 Å². The van der Waals surface area contributed by atoms with Crippen LogP contribution in [0.2, 0.25) is 10.0 Å². The number of aryl methyl sites for hydroxylation is 1. The number of aromatic nitrogens is 2. The molecule has 3 rings (SSSR count). The summed E-state index contributed by atoms with van der Waals surface area (Å²) in [5.41, 5.74) is 2.48. The molecule has 0 atom stereocenters. The summed E-state index contributed by atoms with van der Waals surface area (Å²) < 4.78 is 1.63. The Morgan fingerprint density at radius 3 is 2.47 bits per heavy atom. The predicted octanol–water partition coefficient (Wildman–Crippen LogP) is 6.14. The van der Waals surface area contributed by atoms with Gasteiger partial charge in [0.15, 0.2) is 0 Å². The maximum Gasteiger partial charge on any atom is 0.324 e. The van der Waals surface area contributed by atoms with Crippen LogP contribution in [0, 0.1) is 0 Å². The maximum atomic E-state index is 12.7. The Kier molecular flexibility index (Phi) is 7.11. The fraction of sp³-hybridized carbons (Fsp3) is 0.261. The molecule has 32 heavy (non-hydrogen) atoms. The van der Waals surface area contributed by atoms with Crippen LogP contribution in [-0.2, 0) is 16.6 Å². The van der Waals surface area contributed by atoms with Gasteiger partial charge in [0.1, 0.15) is 5.82 Å². The van der Waals surface area contributed by atoms with Gasteiger partial charge in [0.25, 0.3) is 0 Å². The summed E-state index contributed by atoms with van der Waals surface area (Å²) >= 11 is 12.2. The second-order valence-corrected chi connectivity index (χ2v) is 9.11. The van der Waals surface area contributed by atoms with E-state index in [4.69, 9.17) is 33.4 Å². The molecule has 0 fully saturated rings. The summed E-state index contributed by atoms with van der Waals surface area (Å²) in [6.07, 6.45) is 0.427. The number of aliphatic carboxylic acids is 1. The maximum absolute atomic E-state index is 12.7. The number of nitrogens with one attached hydrogen (secondary N) is 2. The lowest BCUT2D eigenvalue weighted by atomic mass is 9.92. The van der Waals surface area contributed by atoms with E-state index in [1.165, 1.54) is 0 Å². The molecule has 3 aromatic rings. The van der Waals surface area contributed by atoms with Gasteiger partial charge in [0.2, 0.25) is 0 Å². The number of hydrogen-bond donors (Lipinski definition) is 3. The average molecular weight is 475 g/mol. The van der Waals surface area contributed by atoms with Gasteiger partial charge in [-0.2, -0.15) is 5.10 Å². The van der Waals surface area contributed by atoms with Gasteiger partial charge in [0.05, 0.1) is 27.1 Å². The van der Waals surface area contributed by atoms with Gasteiger partial charge in [-0.3, -0.25) is 10.1 Å². The zero-order valence-corrected chi connectivity index (χ0v) is 19.5. The summed E-state index contributed by atoms with van der Waals surface area (Å²) in [7, 11) is 0. The minimum absolute atomic E-state index is 0.0315. The number of anilines is 2. The zero-order chi connectivity index (χ0) is 23.5. The Labute approximate surface area is 196 Å². The molecule has 9 heteroatoms. The number of hydrogen-bond acceptors (Lipinski definition) is 3. The summed E-state index contributed by atoms with van der Waals surface area (Å²) in [4.78, 5) is 23.6. The number of rotatable bonds is 6. The molecule has 7 nitrogen and oxygen atoms in total. The van der Waals surface area contributed by atoms with Crippen molar-refractivity contribution in [2.75, 3.05) is 10.6 Å². The molecule has 0 bridgehead atoms. The number of carbonyl (C=O) groups is 2. The van der Waals surface area contributed by atoms with Crippen molar-refractivity contribution in [3.63, 3.8) is 0 Å². The van der Waals surface area contributed by atoms with Crippen molar-refractivity contribution >= 4 is 46.7 Å². The first kappa shape index (κ1) is 23.6. The molecule has 2 amide bonds. The summed E-state index contributed by atoms with van der Waals surface area (Å²) in [5.74, 6) is -0.399. The molecule has 1 heterocycles. The summed E-state index contributed by atoms with van der Waals surface area (Å²) in [6, 6.07) is 13.7. The summed E-state index contributed by atoms with van der Waals surface area (Å²) in [6.45, 7) is 6.08. The molecule has 0 aliphatic rings. The Morgan fingerprint density at radius 2 is 1.78 bits per heavy atom. The Bertz CT molecular complexity index is 1150. The highest BCUT2D eigenvalue weighted by Crippen LogP contribution is 2.30. The van der Waals surface area contributed by atoms with Crippen molar-refractivity contribution in [3.8, 4) is 5.69 Å². The van der Waals surface area contributed by atoms with E-state index in [9.17, 15) is 9.59 Å². The first-order chi connectivity index (χ1) is 15.0. The number of nitrogens with zero attached hydrogens (tertiary/aromatic N) is 2. The quantitative estimate of drug-likeness (QED) is 0.399. The smallest absolute Gasteiger partial charge is 0.324 e. The van der Waals surface area contributed by atoms with Crippen LogP contribution in [0.25, 0.3) is 5.69 Å². The van der Waals surface area contributed by atoms with Gasteiger partial charge in [-0.1, -0.05) is 62.2 Å². The minimum Gasteiger partial charge on any atom is -0.481 e. The molecular weight excluding hydrogens is 451 g/mol. The minimum atomic E-state index is -0.858. The Balaban J connectivity index is 1.91. The van der Waals surface area contributed by atoms with Crippen molar-refractivity contribution in [2.24, 2.45) is 0 Å². The third kappa shape index (κ3) is 5.81. The van der Waals surface area contributed by atoms with E-state index in [1.54, 1.807) is 22.9 Å². The second kappa shape index (κ2) is 9.63. The predicted molar refractivity (Wildman–Crippen MR) is 127 cm³/mol. The number of amides is 2. The van der Waals surface area contributed by atoms with Crippen molar-refractivity contribution in [1.29, 1.82) is 0 Å². The van der Waals surface area contributed by atoms with E-state index >= 15 is 0 Å². The summed E-state index contributed by atoms with van der Waals surface area (Å²) in [5, 5.41) is 19.8. The normalized spacial score (nSPS) is 11.3. The topological polar surface area (TPSA) is 96.2 Å². The van der Waals surface area contributed by atoms with Gasteiger partial charge < -0.3 is 10.4 Å². The van der Waals surface area contributed by atoms with Crippen LogP contribution in [0.1, 0.15) is 38.4 Å². The fourth-order valence-electron chi connectivity index (χ4n) is 3.00. The molecule has 1 aromatic heterocycles. The highest BCUT2D eigenvalue weighted by Gasteiger charge is 2.22.